The second-order valence-corrected chi connectivity index (χ2v) is 8.10. The molecule has 2 aliphatic heterocycles. The third-order valence-corrected chi connectivity index (χ3v) is 5.84. The van der Waals surface area contributed by atoms with Crippen LogP contribution in [0.4, 0.5) is 4.79 Å². The average molecular weight is 374 g/mol. The maximum absolute atomic E-state index is 12.7. The van der Waals surface area contributed by atoms with E-state index in [0.29, 0.717) is 18.5 Å². The lowest BCUT2D eigenvalue weighted by Crippen LogP contribution is -2.52. The SMILES string of the molecule is O=C(CN1CCC(NC(=O)N2CCC[C@@H](c3ncc[nH]3)C2)CC1)NC1CC1. The second kappa shape index (κ2) is 8.29. The molecule has 3 heterocycles. The van der Waals surface area contributed by atoms with E-state index in [2.05, 4.69) is 25.5 Å². The number of carbonyl (C=O) groups is 2. The van der Waals surface area contributed by atoms with Crippen molar-refractivity contribution < 1.29 is 9.59 Å². The molecule has 1 atom stereocenters. The number of aromatic nitrogens is 2. The van der Waals surface area contributed by atoms with Crippen molar-refractivity contribution >= 4 is 11.9 Å². The van der Waals surface area contributed by atoms with E-state index in [4.69, 9.17) is 0 Å². The first-order valence-electron chi connectivity index (χ1n) is 10.2. The van der Waals surface area contributed by atoms with Gasteiger partial charge in [0.2, 0.25) is 5.91 Å². The fourth-order valence-corrected chi connectivity index (χ4v) is 4.09. The number of rotatable bonds is 5. The minimum Gasteiger partial charge on any atom is -0.352 e. The summed E-state index contributed by atoms with van der Waals surface area (Å²) >= 11 is 0. The molecule has 1 aliphatic carbocycles. The quantitative estimate of drug-likeness (QED) is 0.718. The number of imidazole rings is 1. The minimum atomic E-state index is 0.0381. The Labute approximate surface area is 160 Å². The van der Waals surface area contributed by atoms with Gasteiger partial charge in [0, 0.05) is 56.6 Å². The molecule has 3 amide bonds. The van der Waals surface area contributed by atoms with Gasteiger partial charge < -0.3 is 20.5 Å². The highest BCUT2D eigenvalue weighted by Gasteiger charge is 2.29. The Bertz CT molecular complexity index is 637. The molecule has 3 fully saturated rings. The van der Waals surface area contributed by atoms with Gasteiger partial charge in [-0.25, -0.2) is 9.78 Å². The zero-order valence-electron chi connectivity index (χ0n) is 15.8. The Morgan fingerprint density at radius 3 is 2.56 bits per heavy atom. The molecule has 1 saturated carbocycles. The summed E-state index contributed by atoms with van der Waals surface area (Å²) in [6, 6.07) is 0.657. The zero-order chi connectivity index (χ0) is 18.6. The van der Waals surface area contributed by atoms with Crippen molar-refractivity contribution in [1.29, 1.82) is 0 Å². The van der Waals surface area contributed by atoms with Gasteiger partial charge in [0.1, 0.15) is 5.82 Å². The molecule has 8 heteroatoms. The first-order valence-corrected chi connectivity index (χ1v) is 10.2. The molecule has 27 heavy (non-hydrogen) atoms. The van der Waals surface area contributed by atoms with Crippen LogP contribution in [-0.4, -0.2) is 76.5 Å². The van der Waals surface area contributed by atoms with E-state index in [-0.39, 0.29) is 18.0 Å². The zero-order valence-corrected chi connectivity index (χ0v) is 15.8. The highest BCUT2D eigenvalue weighted by Crippen LogP contribution is 2.24. The molecule has 8 nitrogen and oxygen atoms in total. The van der Waals surface area contributed by atoms with E-state index >= 15 is 0 Å². The monoisotopic (exact) mass is 374 g/mol. The molecular formula is C19H30N6O2. The molecule has 0 spiro atoms. The Balaban J connectivity index is 1.19. The molecule has 2 saturated heterocycles. The molecule has 148 valence electrons. The van der Waals surface area contributed by atoms with Crippen molar-refractivity contribution in [2.75, 3.05) is 32.7 Å². The summed E-state index contributed by atoms with van der Waals surface area (Å²) in [4.78, 5) is 36.2. The second-order valence-electron chi connectivity index (χ2n) is 8.10. The van der Waals surface area contributed by atoms with Gasteiger partial charge in [-0.2, -0.15) is 0 Å². The molecule has 1 aromatic rings. The van der Waals surface area contributed by atoms with E-state index in [1.54, 1.807) is 6.20 Å². The molecule has 3 N–H and O–H groups in total. The first kappa shape index (κ1) is 18.3. The van der Waals surface area contributed by atoms with E-state index in [0.717, 1.165) is 70.5 Å². The van der Waals surface area contributed by atoms with Crippen LogP contribution in [0.2, 0.25) is 0 Å². The summed E-state index contributed by atoms with van der Waals surface area (Å²) < 4.78 is 0. The van der Waals surface area contributed by atoms with Gasteiger partial charge in [0.05, 0.1) is 6.54 Å². The van der Waals surface area contributed by atoms with Crippen LogP contribution in [0.25, 0.3) is 0 Å². The molecular weight excluding hydrogens is 344 g/mol. The first-order chi connectivity index (χ1) is 13.2. The summed E-state index contributed by atoms with van der Waals surface area (Å²) in [5, 5.41) is 6.24. The van der Waals surface area contributed by atoms with Crippen LogP contribution in [0.15, 0.2) is 12.4 Å². The number of nitrogens with one attached hydrogen (secondary N) is 3. The topological polar surface area (TPSA) is 93.4 Å². The third-order valence-electron chi connectivity index (χ3n) is 5.84. The number of nitrogens with zero attached hydrogens (tertiary/aromatic N) is 3. The van der Waals surface area contributed by atoms with E-state index in [1.807, 2.05) is 11.1 Å². The van der Waals surface area contributed by atoms with Crippen molar-refractivity contribution in [2.24, 2.45) is 0 Å². The van der Waals surface area contributed by atoms with Crippen molar-refractivity contribution in [3.05, 3.63) is 18.2 Å². The summed E-state index contributed by atoms with van der Waals surface area (Å²) in [7, 11) is 0. The van der Waals surface area contributed by atoms with Crippen LogP contribution >= 0.6 is 0 Å². The summed E-state index contributed by atoms with van der Waals surface area (Å²) in [6.07, 6.45) is 9.73. The fraction of sp³-hybridized carbons (Fsp3) is 0.737. The number of hydrogen-bond donors (Lipinski definition) is 3. The Kier molecular flexibility index (Phi) is 5.61. The van der Waals surface area contributed by atoms with Gasteiger partial charge in [-0.05, 0) is 38.5 Å². The number of H-pyrrole nitrogens is 1. The van der Waals surface area contributed by atoms with Crippen LogP contribution < -0.4 is 10.6 Å². The minimum absolute atomic E-state index is 0.0381. The summed E-state index contributed by atoms with van der Waals surface area (Å²) in [5.74, 6) is 1.41. The fourth-order valence-electron chi connectivity index (χ4n) is 4.09. The molecule has 0 unspecified atom stereocenters. The van der Waals surface area contributed by atoms with Gasteiger partial charge in [0.25, 0.3) is 0 Å². The molecule has 0 aromatic carbocycles. The lowest BCUT2D eigenvalue weighted by atomic mass is 9.97. The molecule has 3 aliphatic rings. The molecule has 0 bridgehead atoms. The maximum atomic E-state index is 12.7. The number of carbonyl (C=O) groups excluding carboxylic acids is 2. The predicted octanol–water partition coefficient (Wildman–Crippen LogP) is 1.04. The lowest BCUT2D eigenvalue weighted by molar-refractivity contribution is -0.122. The molecule has 1 aromatic heterocycles. The van der Waals surface area contributed by atoms with Gasteiger partial charge in [-0.3, -0.25) is 9.69 Å². The largest absolute Gasteiger partial charge is 0.352 e. The smallest absolute Gasteiger partial charge is 0.317 e. The highest BCUT2D eigenvalue weighted by atomic mass is 16.2. The Morgan fingerprint density at radius 1 is 1.07 bits per heavy atom. The van der Waals surface area contributed by atoms with Crippen LogP contribution in [0, 0.1) is 0 Å². The number of hydrogen-bond acceptors (Lipinski definition) is 4. The average Bonchev–Trinajstić information content (AvgIpc) is 3.31. The Morgan fingerprint density at radius 2 is 1.85 bits per heavy atom. The highest BCUT2D eigenvalue weighted by molar-refractivity contribution is 5.78. The van der Waals surface area contributed by atoms with Crippen LogP contribution in [-0.2, 0) is 4.79 Å². The van der Waals surface area contributed by atoms with E-state index < -0.39 is 0 Å². The Hall–Kier alpha value is -2.09. The van der Waals surface area contributed by atoms with Crippen molar-refractivity contribution in [2.45, 2.75) is 56.5 Å². The van der Waals surface area contributed by atoms with Gasteiger partial charge >= 0.3 is 6.03 Å². The number of amides is 3. The standard InChI is InChI=1S/C19H30N6O2/c26-17(22-15-3-4-15)13-24-10-5-16(6-11-24)23-19(27)25-9-1-2-14(12-25)18-20-7-8-21-18/h7-8,14-16H,1-6,9-13H2,(H,20,21)(H,22,26)(H,23,27)/t14-/m1/s1. The van der Waals surface area contributed by atoms with Gasteiger partial charge in [-0.1, -0.05) is 0 Å². The number of aromatic amines is 1. The van der Waals surface area contributed by atoms with Crippen molar-refractivity contribution in [1.82, 2.24) is 30.4 Å². The summed E-state index contributed by atoms with van der Waals surface area (Å²) in [5.41, 5.74) is 0. The van der Waals surface area contributed by atoms with Crippen LogP contribution in [0.3, 0.4) is 0 Å². The predicted molar refractivity (Wildman–Crippen MR) is 101 cm³/mol. The molecule has 4 rings (SSSR count). The third kappa shape index (κ3) is 5.00. The van der Waals surface area contributed by atoms with Crippen LogP contribution in [0.5, 0.6) is 0 Å². The normalized spacial score (nSPS) is 24.6. The van der Waals surface area contributed by atoms with Crippen molar-refractivity contribution in [3.63, 3.8) is 0 Å². The number of piperidine rings is 2. The van der Waals surface area contributed by atoms with Crippen molar-refractivity contribution in [3.8, 4) is 0 Å². The number of likely N-dealkylation sites (tertiary alicyclic amines) is 2. The van der Waals surface area contributed by atoms with E-state index in [1.165, 1.54) is 0 Å². The maximum Gasteiger partial charge on any atom is 0.317 e. The van der Waals surface area contributed by atoms with E-state index in [9.17, 15) is 9.59 Å². The van der Waals surface area contributed by atoms with Crippen LogP contribution in [0.1, 0.15) is 50.3 Å². The summed E-state index contributed by atoms with van der Waals surface area (Å²) in [6.45, 7) is 3.73. The van der Waals surface area contributed by atoms with Gasteiger partial charge in [0.15, 0.2) is 0 Å². The molecule has 0 radical (unpaired) electrons. The lowest BCUT2D eigenvalue weighted by Gasteiger charge is -2.36. The number of urea groups is 1. The van der Waals surface area contributed by atoms with Gasteiger partial charge in [-0.15, -0.1) is 0 Å².